The summed E-state index contributed by atoms with van der Waals surface area (Å²) in [5.41, 5.74) is 1.54. The van der Waals surface area contributed by atoms with Crippen molar-refractivity contribution in [1.82, 2.24) is 15.2 Å². The van der Waals surface area contributed by atoms with Crippen LogP contribution in [0.3, 0.4) is 0 Å². The summed E-state index contributed by atoms with van der Waals surface area (Å²) in [6.45, 7) is 3.21. The number of aliphatic hydroxyl groups excluding tert-OH is 1. The number of benzene rings is 3. The number of β-amino-alcohol motifs (C(OH)–C–C–N with tert-alkyl or cyclic N) is 1. The number of hydrogen-bond donors (Lipinski definition) is 2. The van der Waals surface area contributed by atoms with Crippen molar-refractivity contribution in [3.05, 3.63) is 66.4 Å². The van der Waals surface area contributed by atoms with Crippen molar-refractivity contribution in [3.8, 4) is 23.0 Å². The van der Waals surface area contributed by atoms with Crippen LogP contribution in [-0.4, -0.2) is 67.4 Å². The number of carbonyl (C=O) groups is 1. The van der Waals surface area contributed by atoms with E-state index in [1.165, 1.54) is 0 Å². The number of aliphatic hydroxyl groups is 1. The van der Waals surface area contributed by atoms with Crippen LogP contribution in [-0.2, 0) is 0 Å². The summed E-state index contributed by atoms with van der Waals surface area (Å²) < 4.78 is 18.1. The first-order valence-electron chi connectivity index (χ1n) is 13.4. The first-order chi connectivity index (χ1) is 19.0. The standard InChI is InChI=1S/C31H33N3O5/c1-32-30(36)23-6-3-5-20-15-21(7-8-22(20)23)39-26-9-12-33-25-17-28(27(37-2)16-24(25)26)38-14-4-13-34-18-29(35)31(19-34)10-11-31/h3,5-9,12,15-17,29,35H,4,10-11,13-14,18-19H2,1-2H3,(H,32,36). The van der Waals surface area contributed by atoms with E-state index in [2.05, 4.69) is 15.2 Å². The van der Waals surface area contributed by atoms with Crippen molar-refractivity contribution >= 4 is 27.6 Å². The highest BCUT2D eigenvalue weighted by molar-refractivity contribution is 6.07. The number of rotatable bonds is 9. The molecule has 4 aromatic rings. The van der Waals surface area contributed by atoms with Gasteiger partial charge in [-0.1, -0.05) is 12.1 Å². The molecular formula is C31H33N3O5. The van der Waals surface area contributed by atoms with E-state index in [0.717, 1.165) is 60.6 Å². The van der Waals surface area contributed by atoms with Gasteiger partial charge in [-0.2, -0.15) is 0 Å². The van der Waals surface area contributed by atoms with E-state index in [0.29, 0.717) is 35.2 Å². The lowest BCUT2D eigenvalue weighted by Gasteiger charge is -2.17. The number of fused-ring (bicyclic) bond motifs is 2. The number of methoxy groups -OCH3 is 1. The van der Waals surface area contributed by atoms with Crippen molar-refractivity contribution in [2.75, 3.05) is 40.4 Å². The maximum atomic E-state index is 12.2. The van der Waals surface area contributed by atoms with Crippen LogP contribution >= 0.6 is 0 Å². The molecule has 2 fully saturated rings. The Morgan fingerprint density at radius 2 is 1.97 bits per heavy atom. The zero-order valence-electron chi connectivity index (χ0n) is 22.3. The Morgan fingerprint density at radius 1 is 1.10 bits per heavy atom. The number of carbonyl (C=O) groups excluding carboxylic acids is 1. The Balaban J connectivity index is 1.17. The smallest absolute Gasteiger partial charge is 0.251 e. The van der Waals surface area contributed by atoms with Gasteiger partial charge >= 0.3 is 0 Å². The fourth-order valence-electron chi connectivity index (χ4n) is 5.62. The van der Waals surface area contributed by atoms with Gasteiger partial charge in [0, 0.05) is 55.3 Å². The lowest BCUT2D eigenvalue weighted by atomic mass is 10.0. The van der Waals surface area contributed by atoms with Gasteiger partial charge < -0.3 is 24.6 Å². The number of ether oxygens (including phenoxy) is 3. The molecule has 1 aliphatic heterocycles. The number of nitrogens with zero attached hydrogens (tertiary/aromatic N) is 2. The van der Waals surface area contributed by atoms with Gasteiger partial charge in [-0.3, -0.25) is 14.7 Å². The first-order valence-corrected chi connectivity index (χ1v) is 13.4. The molecule has 0 bridgehead atoms. The van der Waals surface area contributed by atoms with Gasteiger partial charge in [0.05, 0.1) is 25.3 Å². The molecule has 1 atom stereocenters. The van der Waals surface area contributed by atoms with Crippen LogP contribution in [0.15, 0.2) is 60.8 Å². The third-order valence-corrected chi connectivity index (χ3v) is 7.98. The molecule has 0 radical (unpaired) electrons. The number of pyridine rings is 1. The number of nitrogens with one attached hydrogen (secondary N) is 1. The molecular weight excluding hydrogens is 494 g/mol. The molecule has 1 amide bonds. The van der Waals surface area contributed by atoms with E-state index in [1.54, 1.807) is 20.4 Å². The van der Waals surface area contributed by atoms with Crippen LogP contribution in [0.4, 0.5) is 0 Å². The van der Waals surface area contributed by atoms with E-state index in [1.807, 2.05) is 54.6 Å². The van der Waals surface area contributed by atoms with Gasteiger partial charge in [0.1, 0.15) is 11.5 Å². The zero-order chi connectivity index (χ0) is 27.0. The highest BCUT2D eigenvalue weighted by atomic mass is 16.5. The quantitative estimate of drug-likeness (QED) is 0.303. The van der Waals surface area contributed by atoms with Gasteiger partial charge in [0.2, 0.25) is 0 Å². The average Bonchev–Trinajstić information content (AvgIpc) is 3.67. The van der Waals surface area contributed by atoms with Crippen LogP contribution in [0, 0.1) is 5.41 Å². The van der Waals surface area contributed by atoms with Crippen LogP contribution in [0.5, 0.6) is 23.0 Å². The van der Waals surface area contributed by atoms with Crippen molar-refractivity contribution in [1.29, 1.82) is 0 Å². The zero-order valence-corrected chi connectivity index (χ0v) is 22.3. The summed E-state index contributed by atoms with van der Waals surface area (Å²) in [5, 5.41) is 15.5. The Kier molecular flexibility index (Phi) is 6.74. The SMILES string of the molecule is CNC(=O)c1cccc2cc(Oc3ccnc4cc(OCCCN5CC(O)C6(CC6)C5)c(OC)cc34)ccc12. The highest BCUT2D eigenvalue weighted by Gasteiger charge is 2.54. The van der Waals surface area contributed by atoms with E-state index in [-0.39, 0.29) is 17.4 Å². The normalized spacial score (nSPS) is 18.0. The maximum Gasteiger partial charge on any atom is 0.251 e. The maximum absolute atomic E-state index is 12.2. The summed E-state index contributed by atoms with van der Waals surface area (Å²) in [6, 6.07) is 16.9. The fraction of sp³-hybridized carbons (Fsp3) is 0.355. The fourth-order valence-corrected chi connectivity index (χ4v) is 5.62. The van der Waals surface area contributed by atoms with Crippen LogP contribution in [0.1, 0.15) is 29.6 Å². The monoisotopic (exact) mass is 527 g/mol. The molecule has 1 aromatic heterocycles. The molecule has 1 unspecified atom stereocenters. The number of likely N-dealkylation sites (tertiary alicyclic amines) is 1. The Hall–Kier alpha value is -3.88. The summed E-state index contributed by atoms with van der Waals surface area (Å²) in [5.74, 6) is 2.43. The minimum atomic E-state index is -0.184. The molecule has 6 rings (SSSR count). The predicted molar refractivity (Wildman–Crippen MR) is 150 cm³/mol. The van der Waals surface area contributed by atoms with Gasteiger partial charge in [0.15, 0.2) is 11.5 Å². The third-order valence-electron chi connectivity index (χ3n) is 7.98. The topological polar surface area (TPSA) is 93.2 Å². The molecule has 1 saturated carbocycles. The predicted octanol–water partition coefficient (Wildman–Crippen LogP) is 4.77. The molecule has 2 heterocycles. The van der Waals surface area contributed by atoms with Gasteiger partial charge in [-0.05, 0) is 66.4 Å². The molecule has 1 spiro atoms. The molecule has 2 aliphatic rings. The molecule has 2 N–H and O–H groups in total. The molecule has 202 valence electrons. The average molecular weight is 528 g/mol. The molecule has 1 aliphatic carbocycles. The molecule has 8 nitrogen and oxygen atoms in total. The molecule has 8 heteroatoms. The lowest BCUT2D eigenvalue weighted by Crippen LogP contribution is -2.24. The Morgan fingerprint density at radius 3 is 2.74 bits per heavy atom. The summed E-state index contributed by atoms with van der Waals surface area (Å²) in [4.78, 5) is 19.1. The second-order valence-electron chi connectivity index (χ2n) is 10.5. The Bertz CT molecular complexity index is 1530. The molecule has 3 aromatic carbocycles. The number of hydrogen-bond acceptors (Lipinski definition) is 7. The van der Waals surface area contributed by atoms with E-state index in [9.17, 15) is 9.90 Å². The van der Waals surface area contributed by atoms with Crippen LogP contribution < -0.4 is 19.5 Å². The Labute approximate surface area is 227 Å². The van der Waals surface area contributed by atoms with E-state index < -0.39 is 0 Å². The van der Waals surface area contributed by atoms with Gasteiger partial charge in [-0.15, -0.1) is 0 Å². The number of aromatic nitrogens is 1. The second kappa shape index (κ2) is 10.4. The molecule has 1 saturated heterocycles. The van der Waals surface area contributed by atoms with Crippen molar-refractivity contribution in [2.45, 2.75) is 25.4 Å². The second-order valence-corrected chi connectivity index (χ2v) is 10.5. The van der Waals surface area contributed by atoms with E-state index >= 15 is 0 Å². The summed E-state index contributed by atoms with van der Waals surface area (Å²) in [6.07, 6.45) is 4.69. The van der Waals surface area contributed by atoms with Crippen LogP contribution in [0.2, 0.25) is 0 Å². The van der Waals surface area contributed by atoms with Gasteiger partial charge in [-0.25, -0.2) is 0 Å². The number of amides is 1. The van der Waals surface area contributed by atoms with Crippen molar-refractivity contribution < 1.29 is 24.1 Å². The van der Waals surface area contributed by atoms with Crippen LogP contribution in [0.25, 0.3) is 21.7 Å². The minimum absolute atomic E-state index is 0.124. The lowest BCUT2D eigenvalue weighted by molar-refractivity contribution is 0.0964. The highest BCUT2D eigenvalue weighted by Crippen LogP contribution is 2.52. The largest absolute Gasteiger partial charge is 0.493 e. The minimum Gasteiger partial charge on any atom is -0.493 e. The van der Waals surface area contributed by atoms with Gasteiger partial charge in [0.25, 0.3) is 5.91 Å². The summed E-state index contributed by atoms with van der Waals surface area (Å²) in [7, 11) is 3.25. The third kappa shape index (κ3) is 4.97. The first kappa shape index (κ1) is 25.4. The van der Waals surface area contributed by atoms with Crippen molar-refractivity contribution in [2.24, 2.45) is 5.41 Å². The summed E-state index contributed by atoms with van der Waals surface area (Å²) >= 11 is 0. The molecule has 39 heavy (non-hydrogen) atoms. The van der Waals surface area contributed by atoms with Crippen molar-refractivity contribution in [3.63, 3.8) is 0 Å². The van der Waals surface area contributed by atoms with E-state index in [4.69, 9.17) is 14.2 Å².